The minimum atomic E-state index is 0.138. The standard InChI is InChI=1S/C19H25N3O2S/c1-24-11-10-22-16-5-3-2-4-15(16)20-19(22)25-12-17(23)21-18(13-6-7-13)14-8-9-14/h2-5,13-14,18H,6-12H2,1H3,(H,21,23). The van der Waals surface area contributed by atoms with Gasteiger partial charge in [-0.25, -0.2) is 4.98 Å². The Balaban J connectivity index is 1.41. The van der Waals surface area contributed by atoms with Gasteiger partial charge in [0, 0.05) is 19.7 Å². The molecule has 0 radical (unpaired) electrons. The number of amides is 1. The van der Waals surface area contributed by atoms with Gasteiger partial charge in [-0.15, -0.1) is 0 Å². The lowest BCUT2D eigenvalue weighted by Gasteiger charge is -2.17. The molecular weight excluding hydrogens is 334 g/mol. The third kappa shape index (κ3) is 4.01. The number of methoxy groups -OCH3 is 1. The molecule has 1 heterocycles. The van der Waals surface area contributed by atoms with Crippen molar-refractivity contribution < 1.29 is 9.53 Å². The van der Waals surface area contributed by atoms with Crippen LogP contribution in [0.5, 0.6) is 0 Å². The fourth-order valence-corrected chi connectivity index (χ4v) is 4.30. The van der Waals surface area contributed by atoms with Gasteiger partial charge >= 0.3 is 0 Å². The Morgan fingerprint density at radius 3 is 2.72 bits per heavy atom. The maximum Gasteiger partial charge on any atom is 0.230 e. The smallest absolute Gasteiger partial charge is 0.230 e. The molecule has 2 saturated carbocycles. The maximum atomic E-state index is 12.4. The van der Waals surface area contributed by atoms with Crippen LogP contribution in [-0.4, -0.2) is 41.0 Å². The number of fused-ring (bicyclic) bond motifs is 1. The van der Waals surface area contributed by atoms with Crippen molar-refractivity contribution in [3.8, 4) is 0 Å². The maximum absolute atomic E-state index is 12.4. The van der Waals surface area contributed by atoms with Crippen LogP contribution >= 0.6 is 11.8 Å². The van der Waals surface area contributed by atoms with Crippen molar-refractivity contribution in [3.05, 3.63) is 24.3 Å². The lowest BCUT2D eigenvalue weighted by atomic mass is 10.1. The molecule has 0 spiro atoms. The van der Waals surface area contributed by atoms with Gasteiger partial charge < -0.3 is 14.6 Å². The average Bonchev–Trinajstić information content (AvgIpc) is 3.52. The minimum Gasteiger partial charge on any atom is -0.383 e. The second kappa shape index (κ2) is 7.38. The molecule has 1 aromatic heterocycles. The summed E-state index contributed by atoms with van der Waals surface area (Å²) in [6.45, 7) is 1.37. The average molecular weight is 359 g/mol. The Kier molecular flexibility index (Phi) is 4.99. The Morgan fingerprint density at radius 2 is 2.04 bits per heavy atom. The van der Waals surface area contributed by atoms with Crippen LogP contribution in [0.15, 0.2) is 29.4 Å². The first kappa shape index (κ1) is 16.9. The summed E-state index contributed by atoms with van der Waals surface area (Å²) in [5.41, 5.74) is 2.06. The van der Waals surface area contributed by atoms with Crippen molar-refractivity contribution in [2.24, 2.45) is 11.8 Å². The van der Waals surface area contributed by atoms with Gasteiger partial charge in [-0.2, -0.15) is 0 Å². The lowest BCUT2D eigenvalue weighted by Crippen LogP contribution is -2.39. The third-order valence-corrected chi connectivity index (χ3v) is 6.03. The highest BCUT2D eigenvalue weighted by Crippen LogP contribution is 2.44. The summed E-state index contributed by atoms with van der Waals surface area (Å²) in [7, 11) is 1.70. The second-order valence-electron chi connectivity index (χ2n) is 7.08. The van der Waals surface area contributed by atoms with Crippen LogP contribution < -0.4 is 5.32 Å². The number of aromatic nitrogens is 2. The summed E-state index contributed by atoms with van der Waals surface area (Å²) in [5, 5.41) is 4.18. The normalized spacial score (nSPS) is 17.4. The van der Waals surface area contributed by atoms with Gasteiger partial charge in [0.2, 0.25) is 5.91 Å². The molecule has 6 heteroatoms. The third-order valence-electron chi connectivity index (χ3n) is 5.06. The van der Waals surface area contributed by atoms with Crippen molar-refractivity contribution in [2.45, 2.75) is 43.4 Å². The molecule has 1 amide bonds. The second-order valence-corrected chi connectivity index (χ2v) is 8.03. The Hall–Kier alpha value is -1.53. The molecule has 2 fully saturated rings. The van der Waals surface area contributed by atoms with E-state index in [0.717, 1.165) is 34.6 Å². The number of hydrogen-bond donors (Lipinski definition) is 1. The highest BCUT2D eigenvalue weighted by molar-refractivity contribution is 7.99. The van der Waals surface area contributed by atoms with Crippen LogP contribution in [0.3, 0.4) is 0 Å². The SMILES string of the molecule is COCCn1c(SCC(=O)NC(C2CC2)C2CC2)nc2ccccc21. The molecule has 0 unspecified atom stereocenters. The summed E-state index contributed by atoms with van der Waals surface area (Å²) in [4.78, 5) is 17.1. The van der Waals surface area contributed by atoms with Gasteiger partial charge in [-0.1, -0.05) is 23.9 Å². The van der Waals surface area contributed by atoms with Crippen molar-refractivity contribution in [1.29, 1.82) is 0 Å². The highest BCUT2D eigenvalue weighted by atomic mass is 32.2. The highest BCUT2D eigenvalue weighted by Gasteiger charge is 2.42. The molecule has 0 aliphatic heterocycles. The summed E-state index contributed by atoms with van der Waals surface area (Å²) in [6, 6.07) is 8.51. The fourth-order valence-electron chi connectivity index (χ4n) is 3.45. The zero-order valence-electron chi connectivity index (χ0n) is 14.6. The molecule has 1 aromatic carbocycles. The monoisotopic (exact) mass is 359 g/mol. The lowest BCUT2D eigenvalue weighted by molar-refractivity contribution is -0.119. The largest absolute Gasteiger partial charge is 0.383 e. The van der Waals surface area contributed by atoms with Gasteiger partial charge in [0.05, 0.1) is 23.4 Å². The van der Waals surface area contributed by atoms with E-state index in [0.29, 0.717) is 18.4 Å². The Bertz CT molecular complexity index is 740. The number of nitrogens with zero attached hydrogens (tertiary/aromatic N) is 2. The van der Waals surface area contributed by atoms with E-state index in [-0.39, 0.29) is 5.91 Å². The van der Waals surface area contributed by atoms with Gasteiger partial charge in [-0.05, 0) is 49.7 Å². The number of ether oxygens (including phenoxy) is 1. The topological polar surface area (TPSA) is 56.1 Å². The number of carbonyl (C=O) groups is 1. The van der Waals surface area contributed by atoms with E-state index in [4.69, 9.17) is 9.72 Å². The van der Waals surface area contributed by atoms with Crippen molar-refractivity contribution in [1.82, 2.24) is 14.9 Å². The molecule has 134 valence electrons. The zero-order chi connectivity index (χ0) is 17.2. The van der Waals surface area contributed by atoms with Crippen LogP contribution in [0.2, 0.25) is 0 Å². The molecule has 0 atom stereocenters. The minimum absolute atomic E-state index is 0.138. The molecule has 0 bridgehead atoms. The van der Waals surface area contributed by atoms with Crippen LogP contribution in [0.1, 0.15) is 25.7 Å². The van der Waals surface area contributed by atoms with E-state index in [9.17, 15) is 4.79 Å². The molecule has 5 nitrogen and oxygen atoms in total. The zero-order valence-corrected chi connectivity index (χ0v) is 15.4. The van der Waals surface area contributed by atoms with Crippen LogP contribution in [0, 0.1) is 11.8 Å². The van der Waals surface area contributed by atoms with E-state index in [1.54, 1.807) is 7.11 Å². The molecule has 2 aliphatic rings. The van der Waals surface area contributed by atoms with Crippen LogP contribution in [0.25, 0.3) is 11.0 Å². The fraction of sp³-hybridized carbons (Fsp3) is 0.579. The first-order valence-corrected chi connectivity index (χ1v) is 10.1. The summed E-state index contributed by atoms with van der Waals surface area (Å²) in [5.74, 6) is 2.02. The van der Waals surface area contributed by atoms with Crippen molar-refractivity contribution in [2.75, 3.05) is 19.5 Å². The Morgan fingerprint density at radius 1 is 1.32 bits per heavy atom. The number of hydrogen-bond acceptors (Lipinski definition) is 4. The van der Waals surface area contributed by atoms with E-state index < -0.39 is 0 Å². The van der Waals surface area contributed by atoms with E-state index in [1.165, 1.54) is 37.4 Å². The van der Waals surface area contributed by atoms with E-state index in [1.807, 2.05) is 18.2 Å². The van der Waals surface area contributed by atoms with Crippen LogP contribution in [0.4, 0.5) is 0 Å². The van der Waals surface area contributed by atoms with E-state index >= 15 is 0 Å². The van der Waals surface area contributed by atoms with E-state index in [2.05, 4.69) is 16.0 Å². The summed E-state index contributed by atoms with van der Waals surface area (Å²) < 4.78 is 7.38. The van der Waals surface area contributed by atoms with Crippen molar-refractivity contribution in [3.63, 3.8) is 0 Å². The summed E-state index contributed by atoms with van der Waals surface area (Å²) >= 11 is 1.52. The molecule has 25 heavy (non-hydrogen) atoms. The van der Waals surface area contributed by atoms with Gasteiger partial charge in [-0.3, -0.25) is 4.79 Å². The van der Waals surface area contributed by atoms with Crippen molar-refractivity contribution >= 4 is 28.7 Å². The number of imidazole rings is 1. The molecule has 0 saturated heterocycles. The molecule has 1 N–H and O–H groups in total. The molecule has 2 aliphatic carbocycles. The van der Waals surface area contributed by atoms with Gasteiger partial charge in [0.15, 0.2) is 5.16 Å². The predicted molar refractivity (Wildman–Crippen MR) is 99.7 cm³/mol. The number of rotatable bonds is 9. The number of nitrogens with one attached hydrogen (secondary N) is 1. The van der Waals surface area contributed by atoms with Crippen LogP contribution in [-0.2, 0) is 16.1 Å². The first-order valence-electron chi connectivity index (χ1n) is 9.12. The number of carbonyl (C=O) groups excluding carboxylic acids is 1. The molecular formula is C19H25N3O2S. The number of thioether (sulfide) groups is 1. The number of para-hydroxylation sites is 2. The predicted octanol–water partition coefficient (Wildman–Crippen LogP) is 3.08. The first-order chi connectivity index (χ1) is 12.3. The molecule has 4 rings (SSSR count). The molecule has 2 aromatic rings. The number of benzene rings is 1. The van der Waals surface area contributed by atoms with Gasteiger partial charge in [0.25, 0.3) is 0 Å². The van der Waals surface area contributed by atoms with Gasteiger partial charge in [0.1, 0.15) is 0 Å². The quantitative estimate of drug-likeness (QED) is 0.699. The Labute approximate surface area is 152 Å². The summed E-state index contributed by atoms with van der Waals surface area (Å²) in [6.07, 6.45) is 5.12.